The first-order chi connectivity index (χ1) is 5.13. The number of hydrogen-bond donors (Lipinski definition) is 1. The zero-order valence-corrected chi connectivity index (χ0v) is 8.91. The molecule has 0 amide bonds. The second-order valence-corrected chi connectivity index (χ2v) is 3.49. The molecule has 0 aromatic carbocycles. The van der Waals surface area contributed by atoms with Gasteiger partial charge >= 0.3 is 0 Å². The van der Waals surface area contributed by atoms with Crippen molar-refractivity contribution in [2.24, 2.45) is 0 Å². The SMILES string of the molecule is CCN(C(=S)S)[C@@H](C)COC. The smallest absolute Gasteiger partial charge is 0.133 e. The third kappa shape index (κ3) is 3.94. The Balaban J connectivity index is 3.91. The fourth-order valence-electron chi connectivity index (χ4n) is 0.967. The van der Waals surface area contributed by atoms with Gasteiger partial charge < -0.3 is 9.64 Å². The van der Waals surface area contributed by atoms with Crippen LogP contribution in [0.2, 0.25) is 0 Å². The maximum Gasteiger partial charge on any atom is 0.133 e. The van der Waals surface area contributed by atoms with Crippen molar-refractivity contribution in [1.29, 1.82) is 0 Å². The summed E-state index contributed by atoms with van der Waals surface area (Å²) < 4.78 is 5.64. The van der Waals surface area contributed by atoms with Crippen LogP contribution in [-0.4, -0.2) is 35.5 Å². The lowest BCUT2D eigenvalue weighted by atomic mass is 10.3. The fourth-order valence-corrected chi connectivity index (χ4v) is 1.61. The summed E-state index contributed by atoms with van der Waals surface area (Å²) in [7, 11) is 1.69. The molecule has 0 fully saturated rings. The number of thiol groups is 1. The molecule has 0 aromatic rings. The molecule has 0 N–H and O–H groups in total. The summed E-state index contributed by atoms with van der Waals surface area (Å²) >= 11 is 9.05. The van der Waals surface area contributed by atoms with E-state index in [9.17, 15) is 0 Å². The van der Waals surface area contributed by atoms with Crippen LogP contribution in [0.3, 0.4) is 0 Å². The van der Waals surface area contributed by atoms with E-state index in [0.29, 0.717) is 17.0 Å². The Hall–Kier alpha value is 0.200. The lowest BCUT2D eigenvalue weighted by Crippen LogP contribution is -2.37. The van der Waals surface area contributed by atoms with Crippen LogP contribution in [0.25, 0.3) is 0 Å². The Morgan fingerprint density at radius 1 is 1.73 bits per heavy atom. The Kier molecular flexibility index (Phi) is 5.91. The zero-order chi connectivity index (χ0) is 8.85. The quantitative estimate of drug-likeness (QED) is 0.538. The summed E-state index contributed by atoms with van der Waals surface area (Å²) in [4.78, 5) is 2.02. The molecule has 0 aromatic heterocycles. The molecular weight excluding hydrogens is 178 g/mol. The number of likely N-dealkylation sites (N-methyl/N-ethyl adjacent to an activating group) is 1. The third-order valence-corrected chi connectivity index (χ3v) is 2.02. The second kappa shape index (κ2) is 5.80. The van der Waals surface area contributed by atoms with Crippen molar-refractivity contribution < 1.29 is 4.74 Å². The van der Waals surface area contributed by atoms with E-state index >= 15 is 0 Å². The zero-order valence-electron chi connectivity index (χ0n) is 7.20. The van der Waals surface area contributed by atoms with E-state index in [1.54, 1.807) is 7.11 Å². The van der Waals surface area contributed by atoms with Gasteiger partial charge in [0.25, 0.3) is 0 Å². The highest BCUT2D eigenvalue weighted by Gasteiger charge is 2.11. The molecule has 0 radical (unpaired) electrons. The van der Waals surface area contributed by atoms with Gasteiger partial charge in [-0.1, -0.05) is 12.2 Å². The molecule has 2 nitrogen and oxygen atoms in total. The molecule has 11 heavy (non-hydrogen) atoms. The van der Waals surface area contributed by atoms with Crippen LogP contribution in [0.4, 0.5) is 0 Å². The summed E-state index contributed by atoms with van der Waals surface area (Å²) in [6.45, 7) is 5.69. The monoisotopic (exact) mass is 193 g/mol. The van der Waals surface area contributed by atoms with E-state index < -0.39 is 0 Å². The van der Waals surface area contributed by atoms with E-state index in [2.05, 4.69) is 26.5 Å². The van der Waals surface area contributed by atoms with Gasteiger partial charge in [0.1, 0.15) is 4.32 Å². The highest BCUT2D eigenvalue weighted by molar-refractivity contribution is 8.10. The average molecular weight is 193 g/mol. The molecule has 0 spiro atoms. The van der Waals surface area contributed by atoms with E-state index in [4.69, 9.17) is 17.0 Å². The summed E-state index contributed by atoms with van der Waals surface area (Å²) in [5.74, 6) is 0. The van der Waals surface area contributed by atoms with Crippen LogP contribution in [0, 0.1) is 0 Å². The van der Waals surface area contributed by atoms with Crippen LogP contribution in [-0.2, 0) is 4.74 Å². The van der Waals surface area contributed by atoms with Gasteiger partial charge in [-0.15, -0.1) is 12.6 Å². The number of thiocarbonyl (C=S) groups is 1. The van der Waals surface area contributed by atoms with Crippen LogP contribution in [0.1, 0.15) is 13.8 Å². The van der Waals surface area contributed by atoms with Gasteiger partial charge in [-0.25, -0.2) is 0 Å². The van der Waals surface area contributed by atoms with Crippen molar-refractivity contribution in [3.8, 4) is 0 Å². The van der Waals surface area contributed by atoms with Crippen molar-refractivity contribution in [3.05, 3.63) is 0 Å². The summed E-state index contributed by atoms with van der Waals surface area (Å²) in [5.41, 5.74) is 0. The number of rotatable bonds is 4. The molecule has 66 valence electrons. The Labute approximate surface area is 79.3 Å². The molecule has 0 aliphatic rings. The minimum atomic E-state index is 0.315. The van der Waals surface area contributed by atoms with Gasteiger partial charge in [0.2, 0.25) is 0 Å². The van der Waals surface area contributed by atoms with Crippen molar-refractivity contribution in [3.63, 3.8) is 0 Å². The topological polar surface area (TPSA) is 12.5 Å². The summed E-state index contributed by atoms with van der Waals surface area (Å²) in [6.07, 6.45) is 0. The number of methoxy groups -OCH3 is 1. The molecule has 0 bridgehead atoms. The molecular formula is C7H15NOS2. The predicted octanol–water partition coefficient (Wildman–Crippen LogP) is 1.56. The van der Waals surface area contributed by atoms with Crippen molar-refractivity contribution in [2.75, 3.05) is 20.3 Å². The van der Waals surface area contributed by atoms with Gasteiger partial charge in [0.05, 0.1) is 12.6 Å². The number of hydrogen-bond acceptors (Lipinski definition) is 2. The van der Waals surface area contributed by atoms with Gasteiger partial charge in [-0.05, 0) is 13.8 Å². The van der Waals surface area contributed by atoms with E-state index in [0.717, 1.165) is 6.54 Å². The molecule has 0 saturated heterocycles. The second-order valence-electron chi connectivity index (χ2n) is 2.37. The van der Waals surface area contributed by atoms with Gasteiger partial charge in [0, 0.05) is 13.7 Å². The van der Waals surface area contributed by atoms with Crippen molar-refractivity contribution in [2.45, 2.75) is 19.9 Å². The Bertz CT molecular complexity index is 130. The van der Waals surface area contributed by atoms with Gasteiger partial charge in [0.15, 0.2) is 0 Å². The maximum atomic E-state index is 5.00. The first-order valence-electron chi connectivity index (χ1n) is 3.62. The van der Waals surface area contributed by atoms with Crippen LogP contribution in [0.5, 0.6) is 0 Å². The maximum absolute atomic E-state index is 5.00. The number of ether oxygens (including phenoxy) is 1. The van der Waals surface area contributed by atoms with E-state index in [-0.39, 0.29) is 0 Å². The highest BCUT2D eigenvalue weighted by Crippen LogP contribution is 2.03. The van der Waals surface area contributed by atoms with Crippen LogP contribution >= 0.6 is 24.8 Å². The largest absolute Gasteiger partial charge is 0.383 e. The molecule has 0 heterocycles. The fraction of sp³-hybridized carbons (Fsp3) is 0.857. The van der Waals surface area contributed by atoms with E-state index in [1.807, 2.05) is 4.90 Å². The molecule has 1 atom stereocenters. The Morgan fingerprint density at radius 3 is 2.55 bits per heavy atom. The predicted molar refractivity (Wildman–Crippen MR) is 55.3 cm³/mol. The van der Waals surface area contributed by atoms with Gasteiger partial charge in [-0.3, -0.25) is 0 Å². The summed E-state index contributed by atoms with van der Waals surface area (Å²) in [5, 5.41) is 0. The first-order valence-corrected chi connectivity index (χ1v) is 4.47. The Morgan fingerprint density at radius 2 is 2.27 bits per heavy atom. The third-order valence-electron chi connectivity index (χ3n) is 1.53. The van der Waals surface area contributed by atoms with Crippen molar-refractivity contribution >= 4 is 29.2 Å². The molecule has 0 rings (SSSR count). The molecule has 0 saturated carbocycles. The lowest BCUT2D eigenvalue weighted by molar-refractivity contribution is 0.140. The minimum absolute atomic E-state index is 0.315. The summed E-state index contributed by atoms with van der Waals surface area (Å²) in [6, 6.07) is 0.315. The molecule has 4 heteroatoms. The van der Waals surface area contributed by atoms with Crippen LogP contribution in [0.15, 0.2) is 0 Å². The molecule has 0 unspecified atom stereocenters. The highest BCUT2D eigenvalue weighted by atomic mass is 32.1. The molecule has 0 aliphatic carbocycles. The van der Waals surface area contributed by atoms with E-state index in [1.165, 1.54) is 0 Å². The minimum Gasteiger partial charge on any atom is -0.383 e. The van der Waals surface area contributed by atoms with Crippen molar-refractivity contribution in [1.82, 2.24) is 4.90 Å². The number of nitrogens with zero attached hydrogens (tertiary/aromatic N) is 1. The molecule has 0 aliphatic heterocycles. The van der Waals surface area contributed by atoms with Crippen LogP contribution < -0.4 is 0 Å². The standard InChI is InChI=1S/C7H15NOS2/c1-4-8(7(10)11)6(2)5-9-3/h6H,4-5H2,1-3H3,(H,10,11)/t6-/m0/s1. The normalized spacial score (nSPS) is 12.7. The van der Waals surface area contributed by atoms with Gasteiger partial charge in [-0.2, -0.15) is 0 Å². The first kappa shape index (κ1) is 11.2. The average Bonchev–Trinajstić information content (AvgIpc) is 1.88. The lowest BCUT2D eigenvalue weighted by Gasteiger charge is -2.27.